The van der Waals surface area contributed by atoms with Crippen LogP contribution in [0, 0.1) is 0 Å². The highest BCUT2D eigenvalue weighted by Gasteiger charge is 2.23. The van der Waals surface area contributed by atoms with Crippen LogP contribution in [0.15, 0.2) is 18.2 Å². The maximum atomic E-state index is 11.9. The van der Waals surface area contributed by atoms with Crippen LogP contribution in [0.25, 0.3) is 0 Å². The summed E-state index contributed by atoms with van der Waals surface area (Å²) in [5.41, 5.74) is 3.65. The van der Waals surface area contributed by atoms with Gasteiger partial charge < -0.3 is 4.90 Å². The first-order chi connectivity index (χ1) is 8.26. The number of hydrogen-bond acceptors (Lipinski definition) is 1. The minimum atomic E-state index is 0.247. The molecule has 17 heavy (non-hydrogen) atoms. The smallest absolute Gasteiger partial charge is 0.226 e. The number of anilines is 1. The lowest BCUT2D eigenvalue weighted by atomic mass is 10.1. The normalized spacial score (nSPS) is 13.9. The van der Waals surface area contributed by atoms with Crippen molar-refractivity contribution in [1.82, 2.24) is 0 Å². The second-order valence-electron chi connectivity index (χ2n) is 4.45. The van der Waals surface area contributed by atoms with E-state index in [2.05, 4.69) is 18.2 Å². The van der Waals surface area contributed by atoms with Crippen molar-refractivity contribution >= 4 is 23.2 Å². The highest BCUT2D eigenvalue weighted by molar-refractivity contribution is 6.18. The Hall–Kier alpha value is -1.02. The summed E-state index contributed by atoms with van der Waals surface area (Å²) in [6, 6.07) is 6.34. The summed E-state index contributed by atoms with van der Waals surface area (Å²) in [7, 11) is 0. The number of benzene rings is 1. The fraction of sp³-hybridized carbons (Fsp3) is 0.500. The molecule has 1 aliphatic heterocycles. The molecule has 0 radical (unpaired) electrons. The molecular weight excluding hydrogens is 234 g/mol. The monoisotopic (exact) mass is 251 g/mol. The van der Waals surface area contributed by atoms with E-state index >= 15 is 0 Å². The van der Waals surface area contributed by atoms with Crippen molar-refractivity contribution in [1.29, 1.82) is 0 Å². The molecule has 92 valence electrons. The minimum Gasteiger partial charge on any atom is -0.312 e. The van der Waals surface area contributed by atoms with Gasteiger partial charge in [-0.05, 0) is 36.5 Å². The number of aryl methyl sites for hydroxylation is 1. The van der Waals surface area contributed by atoms with Crippen molar-refractivity contribution in [3.63, 3.8) is 0 Å². The van der Waals surface area contributed by atoms with E-state index in [-0.39, 0.29) is 5.91 Å². The Bertz CT molecular complexity index is 417. The summed E-state index contributed by atoms with van der Waals surface area (Å²) >= 11 is 5.74. The maximum Gasteiger partial charge on any atom is 0.226 e. The number of amides is 1. The van der Waals surface area contributed by atoms with Crippen LogP contribution < -0.4 is 4.90 Å². The number of carbonyl (C=O) groups is 1. The van der Waals surface area contributed by atoms with Gasteiger partial charge in [-0.2, -0.15) is 0 Å². The van der Waals surface area contributed by atoms with Crippen molar-refractivity contribution < 1.29 is 4.79 Å². The van der Waals surface area contributed by atoms with Crippen molar-refractivity contribution in [2.24, 2.45) is 0 Å². The average molecular weight is 252 g/mol. The second-order valence-corrected chi connectivity index (χ2v) is 4.83. The van der Waals surface area contributed by atoms with Crippen LogP contribution >= 0.6 is 11.6 Å². The second kappa shape index (κ2) is 5.54. The van der Waals surface area contributed by atoms with Crippen molar-refractivity contribution in [3.05, 3.63) is 29.3 Å². The van der Waals surface area contributed by atoms with Crippen LogP contribution in [-0.2, 0) is 17.6 Å². The molecule has 1 aromatic carbocycles. The van der Waals surface area contributed by atoms with Crippen LogP contribution in [0.5, 0.6) is 0 Å². The molecule has 0 bridgehead atoms. The van der Waals surface area contributed by atoms with Gasteiger partial charge >= 0.3 is 0 Å². The summed E-state index contributed by atoms with van der Waals surface area (Å²) in [6.07, 6.45) is 3.43. The lowest BCUT2D eigenvalue weighted by molar-refractivity contribution is -0.118. The fourth-order valence-electron chi connectivity index (χ4n) is 2.33. The van der Waals surface area contributed by atoms with Gasteiger partial charge in [0.15, 0.2) is 0 Å². The summed E-state index contributed by atoms with van der Waals surface area (Å²) in [5, 5.41) is 0. The van der Waals surface area contributed by atoms with Gasteiger partial charge in [-0.15, -0.1) is 11.6 Å². The molecule has 3 heteroatoms. The number of carbonyl (C=O) groups excluding carboxylic acids is 1. The van der Waals surface area contributed by atoms with E-state index < -0.39 is 0 Å². The van der Waals surface area contributed by atoms with E-state index in [1.807, 2.05) is 11.8 Å². The van der Waals surface area contributed by atoms with Gasteiger partial charge in [-0.25, -0.2) is 0 Å². The third-order valence-corrected chi connectivity index (χ3v) is 3.38. The third-order valence-electron chi connectivity index (χ3n) is 3.19. The molecule has 2 rings (SSSR count). The van der Waals surface area contributed by atoms with Gasteiger partial charge in [0.25, 0.3) is 0 Å². The molecule has 1 aliphatic rings. The van der Waals surface area contributed by atoms with Gasteiger partial charge in [0.05, 0.1) is 0 Å². The molecular formula is C14H18ClNO. The first kappa shape index (κ1) is 12.4. The topological polar surface area (TPSA) is 20.3 Å². The van der Waals surface area contributed by atoms with E-state index in [4.69, 9.17) is 11.6 Å². The summed E-state index contributed by atoms with van der Waals surface area (Å²) in [4.78, 5) is 13.8. The first-order valence-corrected chi connectivity index (χ1v) is 6.78. The Morgan fingerprint density at radius 3 is 3.00 bits per heavy atom. The highest BCUT2D eigenvalue weighted by atomic mass is 35.5. The van der Waals surface area contributed by atoms with E-state index in [1.165, 1.54) is 11.1 Å². The van der Waals surface area contributed by atoms with Gasteiger partial charge in [0, 0.05) is 24.5 Å². The van der Waals surface area contributed by atoms with E-state index in [0.717, 1.165) is 31.5 Å². The highest BCUT2D eigenvalue weighted by Crippen LogP contribution is 2.29. The maximum absolute atomic E-state index is 11.9. The molecule has 0 atom stereocenters. The number of halogens is 1. The summed E-state index contributed by atoms with van der Waals surface area (Å²) in [5.74, 6) is 0.897. The van der Waals surface area contributed by atoms with Crippen LogP contribution in [0.4, 0.5) is 5.69 Å². The zero-order valence-corrected chi connectivity index (χ0v) is 11.0. The number of fused-ring (bicyclic) bond motifs is 1. The predicted octanol–water partition coefficient (Wildman–Crippen LogP) is 3.16. The Kier molecular flexibility index (Phi) is 4.06. The van der Waals surface area contributed by atoms with Crippen molar-refractivity contribution in [2.75, 3.05) is 17.3 Å². The largest absolute Gasteiger partial charge is 0.312 e. The Labute approximate surface area is 108 Å². The van der Waals surface area contributed by atoms with Crippen LogP contribution in [0.2, 0.25) is 0 Å². The molecule has 1 heterocycles. The lowest BCUT2D eigenvalue weighted by Gasteiger charge is -2.17. The van der Waals surface area contributed by atoms with Crippen LogP contribution in [-0.4, -0.2) is 18.3 Å². The van der Waals surface area contributed by atoms with Crippen molar-refractivity contribution in [3.8, 4) is 0 Å². The standard InChI is InChI=1S/C14H18ClNO/c1-2-3-14(17)16-9-7-12-10-11(6-8-15)4-5-13(12)16/h4-5,10H,2-3,6-9H2,1H3. The summed E-state index contributed by atoms with van der Waals surface area (Å²) < 4.78 is 0. The first-order valence-electron chi connectivity index (χ1n) is 6.24. The molecule has 1 aromatic rings. The molecule has 1 amide bonds. The van der Waals surface area contributed by atoms with Crippen LogP contribution in [0.1, 0.15) is 30.9 Å². The third kappa shape index (κ3) is 2.63. The molecule has 0 aromatic heterocycles. The molecule has 0 unspecified atom stereocenters. The van der Waals surface area contributed by atoms with Gasteiger partial charge in [-0.1, -0.05) is 19.1 Å². The molecule has 0 saturated carbocycles. The molecule has 2 nitrogen and oxygen atoms in total. The number of rotatable bonds is 4. The molecule has 0 fully saturated rings. The molecule has 0 spiro atoms. The quantitative estimate of drug-likeness (QED) is 0.753. The Morgan fingerprint density at radius 2 is 2.29 bits per heavy atom. The summed E-state index contributed by atoms with van der Waals surface area (Å²) in [6.45, 7) is 2.87. The number of alkyl halides is 1. The zero-order valence-electron chi connectivity index (χ0n) is 10.2. The predicted molar refractivity (Wildman–Crippen MR) is 71.8 cm³/mol. The molecule has 0 aliphatic carbocycles. The van der Waals surface area contributed by atoms with Gasteiger partial charge in [0.1, 0.15) is 0 Å². The minimum absolute atomic E-state index is 0.247. The van der Waals surface area contributed by atoms with E-state index in [9.17, 15) is 4.79 Å². The Balaban J connectivity index is 2.18. The molecule has 0 saturated heterocycles. The van der Waals surface area contributed by atoms with Gasteiger partial charge in [0.2, 0.25) is 5.91 Å². The van der Waals surface area contributed by atoms with E-state index in [0.29, 0.717) is 12.3 Å². The van der Waals surface area contributed by atoms with Gasteiger partial charge in [-0.3, -0.25) is 4.79 Å². The lowest BCUT2D eigenvalue weighted by Crippen LogP contribution is -2.28. The average Bonchev–Trinajstić information content (AvgIpc) is 2.73. The Morgan fingerprint density at radius 1 is 1.47 bits per heavy atom. The van der Waals surface area contributed by atoms with Crippen molar-refractivity contribution in [2.45, 2.75) is 32.6 Å². The zero-order chi connectivity index (χ0) is 12.3. The number of nitrogens with zero attached hydrogens (tertiary/aromatic N) is 1. The van der Waals surface area contributed by atoms with Crippen LogP contribution in [0.3, 0.4) is 0 Å². The SMILES string of the molecule is CCCC(=O)N1CCc2cc(CCCl)ccc21. The van der Waals surface area contributed by atoms with E-state index in [1.54, 1.807) is 0 Å². The number of hydrogen-bond donors (Lipinski definition) is 0. The fourth-order valence-corrected chi connectivity index (χ4v) is 2.55. The molecule has 0 N–H and O–H groups in total.